The van der Waals surface area contributed by atoms with Gasteiger partial charge in [0.25, 0.3) is 5.91 Å². The van der Waals surface area contributed by atoms with Gasteiger partial charge in [0.15, 0.2) is 0 Å². The van der Waals surface area contributed by atoms with Gasteiger partial charge in [-0.05, 0) is 30.3 Å². The van der Waals surface area contributed by atoms with E-state index in [0.29, 0.717) is 30.7 Å². The van der Waals surface area contributed by atoms with Gasteiger partial charge in [-0.1, -0.05) is 47.2 Å². The first kappa shape index (κ1) is 19.0. The van der Waals surface area contributed by atoms with Crippen molar-refractivity contribution in [3.8, 4) is 0 Å². The molecule has 1 N–H and O–H groups in total. The molecule has 0 bridgehead atoms. The van der Waals surface area contributed by atoms with Crippen molar-refractivity contribution >= 4 is 75.1 Å². The minimum Gasteiger partial charge on any atom is -0.465 e. The Labute approximate surface area is 169 Å². The average molecular weight is 427 g/mol. The first-order valence-electron chi connectivity index (χ1n) is 7.48. The summed E-state index contributed by atoms with van der Waals surface area (Å²) in [7, 11) is 0. The SMILES string of the molecule is O=C(CCN1C(=O)C(=Cc2ccco2)SC1=S)Nc1ccc(Cl)c(Cl)c1. The Morgan fingerprint density at radius 1 is 1.31 bits per heavy atom. The molecule has 2 aromatic rings. The fourth-order valence-corrected chi connectivity index (χ4v) is 3.79. The third-order valence-corrected chi connectivity index (χ3v) is 5.57. The number of benzene rings is 1. The molecule has 9 heteroatoms. The summed E-state index contributed by atoms with van der Waals surface area (Å²) >= 11 is 18.2. The van der Waals surface area contributed by atoms with Crippen LogP contribution < -0.4 is 5.32 Å². The van der Waals surface area contributed by atoms with Gasteiger partial charge in [0.05, 0.1) is 21.2 Å². The summed E-state index contributed by atoms with van der Waals surface area (Å²) in [6.07, 6.45) is 3.26. The Kier molecular flexibility index (Phi) is 6.03. The van der Waals surface area contributed by atoms with Crippen molar-refractivity contribution in [1.29, 1.82) is 0 Å². The van der Waals surface area contributed by atoms with Crippen molar-refractivity contribution in [2.75, 3.05) is 11.9 Å². The predicted molar refractivity (Wildman–Crippen MR) is 108 cm³/mol. The highest BCUT2D eigenvalue weighted by atomic mass is 35.5. The molecule has 1 aromatic heterocycles. The lowest BCUT2D eigenvalue weighted by Gasteiger charge is -2.14. The number of thioether (sulfide) groups is 1. The number of thiocarbonyl (C=S) groups is 1. The van der Waals surface area contributed by atoms with E-state index in [1.165, 1.54) is 22.9 Å². The van der Waals surface area contributed by atoms with E-state index in [-0.39, 0.29) is 24.8 Å². The van der Waals surface area contributed by atoms with Crippen molar-refractivity contribution in [1.82, 2.24) is 4.90 Å². The molecule has 1 aromatic carbocycles. The molecule has 0 radical (unpaired) electrons. The molecule has 1 saturated heterocycles. The van der Waals surface area contributed by atoms with Crippen molar-refractivity contribution < 1.29 is 14.0 Å². The summed E-state index contributed by atoms with van der Waals surface area (Å²) in [5, 5.41) is 3.47. The lowest BCUT2D eigenvalue weighted by atomic mass is 10.3. The lowest BCUT2D eigenvalue weighted by Crippen LogP contribution is -2.31. The van der Waals surface area contributed by atoms with Crippen molar-refractivity contribution in [3.05, 3.63) is 57.3 Å². The molecule has 0 atom stereocenters. The maximum Gasteiger partial charge on any atom is 0.266 e. The molecule has 1 aliphatic heterocycles. The number of amides is 2. The third-order valence-electron chi connectivity index (χ3n) is 3.46. The van der Waals surface area contributed by atoms with Crippen molar-refractivity contribution in [2.45, 2.75) is 6.42 Å². The average Bonchev–Trinajstić information content (AvgIpc) is 3.19. The molecular weight excluding hydrogens is 415 g/mol. The van der Waals surface area contributed by atoms with E-state index in [2.05, 4.69) is 5.32 Å². The Hall–Kier alpha value is -1.80. The number of anilines is 1. The summed E-state index contributed by atoms with van der Waals surface area (Å²) in [6.45, 7) is 0.188. The molecule has 0 unspecified atom stereocenters. The molecule has 3 rings (SSSR count). The van der Waals surface area contributed by atoms with Crippen LogP contribution in [0.5, 0.6) is 0 Å². The topological polar surface area (TPSA) is 62.6 Å². The molecule has 2 heterocycles. The highest BCUT2D eigenvalue weighted by Crippen LogP contribution is 2.32. The van der Waals surface area contributed by atoms with Crippen LogP contribution in [0.15, 0.2) is 45.9 Å². The van der Waals surface area contributed by atoms with Gasteiger partial charge in [0.1, 0.15) is 10.1 Å². The second kappa shape index (κ2) is 8.26. The van der Waals surface area contributed by atoms with Crippen LogP contribution in [0.3, 0.4) is 0 Å². The minimum absolute atomic E-state index is 0.0979. The maximum atomic E-state index is 12.4. The lowest BCUT2D eigenvalue weighted by molar-refractivity contribution is -0.122. The second-order valence-corrected chi connectivity index (χ2v) is 7.77. The number of nitrogens with zero attached hydrogens (tertiary/aromatic N) is 1. The van der Waals surface area contributed by atoms with E-state index >= 15 is 0 Å². The quantitative estimate of drug-likeness (QED) is 0.548. The summed E-state index contributed by atoms with van der Waals surface area (Å²) in [6, 6.07) is 8.30. The van der Waals surface area contributed by atoms with Gasteiger partial charge < -0.3 is 9.73 Å². The monoisotopic (exact) mass is 426 g/mol. The van der Waals surface area contributed by atoms with Crippen molar-refractivity contribution in [2.24, 2.45) is 0 Å². The number of rotatable bonds is 5. The number of nitrogens with one attached hydrogen (secondary N) is 1. The van der Waals surface area contributed by atoms with E-state index in [1.807, 2.05) is 0 Å². The van der Waals surface area contributed by atoms with Gasteiger partial charge in [0.2, 0.25) is 5.91 Å². The van der Waals surface area contributed by atoms with Crippen molar-refractivity contribution in [3.63, 3.8) is 0 Å². The van der Waals surface area contributed by atoms with Crippen LogP contribution in [0.2, 0.25) is 10.0 Å². The molecule has 0 spiro atoms. The zero-order valence-electron chi connectivity index (χ0n) is 13.2. The molecule has 0 saturated carbocycles. The third kappa shape index (κ3) is 4.48. The maximum absolute atomic E-state index is 12.4. The van der Waals surface area contributed by atoms with Crippen LogP contribution in [0.25, 0.3) is 6.08 Å². The first-order valence-corrected chi connectivity index (χ1v) is 9.46. The molecule has 134 valence electrons. The molecule has 1 aliphatic rings. The fraction of sp³-hybridized carbons (Fsp3) is 0.118. The van der Waals surface area contributed by atoms with Gasteiger partial charge in [0, 0.05) is 24.7 Å². The number of carbonyl (C=O) groups is 2. The largest absolute Gasteiger partial charge is 0.465 e. The zero-order valence-corrected chi connectivity index (χ0v) is 16.3. The van der Waals surface area contributed by atoms with Crippen LogP contribution in [0.1, 0.15) is 12.2 Å². The van der Waals surface area contributed by atoms with Crippen LogP contribution in [0.4, 0.5) is 5.69 Å². The predicted octanol–water partition coefficient (Wildman–Crippen LogP) is 4.82. The summed E-state index contributed by atoms with van der Waals surface area (Å²) in [5.41, 5.74) is 0.535. The number of furan rings is 1. The smallest absolute Gasteiger partial charge is 0.266 e. The Morgan fingerprint density at radius 3 is 2.81 bits per heavy atom. The molecule has 26 heavy (non-hydrogen) atoms. The standard InChI is InChI=1S/C17H12Cl2N2O3S2/c18-12-4-3-10(8-13(12)19)20-15(22)5-6-21-16(23)14(26-17(21)25)9-11-2-1-7-24-11/h1-4,7-9H,5-6H2,(H,20,22). The van der Waals surface area contributed by atoms with E-state index in [0.717, 1.165) is 0 Å². The van der Waals surface area contributed by atoms with Gasteiger partial charge in [-0.2, -0.15) is 0 Å². The molecule has 2 amide bonds. The number of hydrogen-bond acceptors (Lipinski definition) is 5. The zero-order chi connectivity index (χ0) is 18.7. The Morgan fingerprint density at radius 2 is 2.12 bits per heavy atom. The summed E-state index contributed by atoms with van der Waals surface area (Å²) in [4.78, 5) is 26.4. The van der Waals surface area contributed by atoms with Crippen LogP contribution in [-0.2, 0) is 9.59 Å². The normalized spacial score (nSPS) is 15.8. The molecular formula is C17H12Cl2N2O3S2. The van der Waals surface area contributed by atoms with Gasteiger partial charge in [-0.25, -0.2) is 0 Å². The fourth-order valence-electron chi connectivity index (χ4n) is 2.21. The summed E-state index contributed by atoms with van der Waals surface area (Å²) in [5.74, 6) is 0.0778. The second-order valence-electron chi connectivity index (χ2n) is 5.28. The highest BCUT2D eigenvalue weighted by molar-refractivity contribution is 8.26. The molecule has 1 fully saturated rings. The van der Waals surface area contributed by atoms with E-state index < -0.39 is 0 Å². The Bertz CT molecular complexity index is 897. The van der Waals surface area contributed by atoms with Crippen LogP contribution >= 0.6 is 47.2 Å². The summed E-state index contributed by atoms with van der Waals surface area (Å²) < 4.78 is 5.62. The van der Waals surface area contributed by atoms with E-state index in [1.54, 1.807) is 36.4 Å². The first-order chi connectivity index (χ1) is 12.4. The number of carbonyl (C=O) groups excluding carboxylic acids is 2. The molecule has 0 aliphatic carbocycles. The van der Waals surface area contributed by atoms with E-state index in [9.17, 15) is 9.59 Å². The van der Waals surface area contributed by atoms with Crippen LogP contribution in [0, 0.1) is 0 Å². The number of halogens is 2. The van der Waals surface area contributed by atoms with Crippen LogP contribution in [-0.4, -0.2) is 27.6 Å². The minimum atomic E-state index is -0.257. The Balaban J connectivity index is 1.58. The highest BCUT2D eigenvalue weighted by Gasteiger charge is 2.32. The molecule has 5 nitrogen and oxygen atoms in total. The van der Waals surface area contributed by atoms with E-state index in [4.69, 9.17) is 39.8 Å². The van der Waals surface area contributed by atoms with Gasteiger partial charge in [-0.15, -0.1) is 0 Å². The van der Waals surface area contributed by atoms with Gasteiger partial charge >= 0.3 is 0 Å². The number of hydrogen-bond donors (Lipinski definition) is 1. The van der Waals surface area contributed by atoms with Gasteiger partial charge in [-0.3, -0.25) is 14.5 Å².